The molecule has 1 unspecified atom stereocenters. The van der Waals surface area contributed by atoms with E-state index in [2.05, 4.69) is 40.2 Å². The Hall–Kier alpha value is -4.40. The minimum Gasteiger partial charge on any atom is -0.493 e. The molecule has 7 rings (SSSR count). The fraction of sp³-hybridized carbons (Fsp3) is 0.167. The number of benzene rings is 4. The van der Waals surface area contributed by atoms with Gasteiger partial charge in [0.2, 0.25) is 0 Å². The molecule has 0 fully saturated rings. The van der Waals surface area contributed by atoms with Crippen molar-refractivity contribution >= 4 is 39.0 Å². The Bertz CT molecular complexity index is 2100. The largest absolute Gasteiger partial charge is 0.493 e. The monoisotopic (exact) mass is 664 g/mol. The van der Waals surface area contributed by atoms with E-state index in [0.29, 0.717) is 27.4 Å². The molecular weight excluding hydrogens is 636 g/mol. The lowest BCUT2D eigenvalue weighted by Gasteiger charge is -2.31. The molecule has 0 amide bonds. The first-order valence-corrected chi connectivity index (χ1v) is 16.0. The summed E-state index contributed by atoms with van der Waals surface area (Å²) < 4.78 is 20.7. The number of methoxy groups -OCH3 is 2. The van der Waals surface area contributed by atoms with Crippen LogP contribution in [0.2, 0.25) is 0 Å². The molecule has 2 aliphatic rings. The van der Waals surface area contributed by atoms with Crippen LogP contribution in [0.4, 0.5) is 0 Å². The predicted octanol–water partition coefficient (Wildman–Crippen LogP) is 6.68. The highest BCUT2D eigenvalue weighted by Gasteiger charge is 2.33. The summed E-state index contributed by atoms with van der Waals surface area (Å²) in [5, 5.41) is 0. The Morgan fingerprint density at radius 1 is 0.932 bits per heavy atom. The molecule has 0 radical (unpaired) electrons. The second-order valence-corrected chi connectivity index (χ2v) is 12.6. The van der Waals surface area contributed by atoms with Gasteiger partial charge in [-0.15, -0.1) is 0 Å². The Morgan fingerprint density at radius 2 is 1.75 bits per heavy atom. The number of hydrogen-bond donors (Lipinski definition) is 0. The second kappa shape index (κ2) is 11.9. The summed E-state index contributed by atoms with van der Waals surface area (Å²) in [6.45, 7) is 0.456. The highest BCUT2D eigenvalue weighted by atomic mass is 79.9. The number of allylic oxidation sites excluding steroid dienone is 1. The molecule has 1 atom stereocenters. The lowest BCUT2D eigenvalue weighted by molar-refractivity contribution is 0.306. The predicted molar refractivity (Wildman–Crippen MR) is 177 cm³/mol. The number of fused-ring (bicyclic) bond motifs is 3. The number of aromatic nitrogens is 1. The van der Waals surface area contributed by atoms with Crippen LogP contribution < -0.4 is 29.1 Å². The summed E-state index contributed by atoms with van der Waals surface area (Å²) in [5.74, 6) is 2.02. The topological polar surface area (TPSA) is 62.0 Å². The maximum Gasteiger partial charge on any atom is 0.271 e. The van der Waals surface area contributed by atoms with Crippen molar-refractivity contribution in [3.8, 4) is 17.2 Å². The van der Waals surface area contributed by atoms with Crippen molar-refractivity contribution in [3.05, 3.63) is 149 Å². The molecule has 220 valence electrons. The van der Waals surface area contributed by atoms with Crippen LogP contribution in [0.15, 0.2) is 111 Å². The molecule has 5 aromatic rings. The zero-order valence-electron chi connectivity index (χ0n) is 24.2. The molecule has 6 nitrogen and oxygen atoms in total. The van der Waals surface area contributed by atoms with Crippen LogP contribution >= 0.6 is 27.3 Å². The van der Waals surface area contributed by atoms with Gasteiger partial charge in [-0.25, -0.2) is 4.99 Å². The summed E-state index contributed by atoms with van der Waals surface area (Å²) in [6.07, 6.45) is 3.64. The molecule has 8 heteroatoms. The minimum absolute atomic E-state index is 0.0693. The fourth-order valence-corrected chi connectivity index (χ4v) is 7.20. The average Bonchev–Trinajstić information content (AvgIpc) is 3.37. The molecule has 0 saturated heterocycles. The van der Waals surface area contributed by atoms with Gasteiger partial charge >= 0.3 is 0 Å². The van der Waals surface area contributed by atoms with Gasteiger partial charge in [0.05, 0.1) is 30.5 Å². The molecule has 0 spiro atoms. The second-order valence-electron chi connectivity index (χ2n) is 10.7. The SMILES string of the molecule is COc1ccc(C2C3=C(N=c4s/c(=C\c5cccc(OCc6ccc(Br)cc6)c5)c(=O)n42)c2ccccc2CC3)cc1OC. The molecular formula is C36H29BrN2O4S. The number of aryl methyl sites for hydroxylation is 1. The highest BCUT2D eigenvalue weighted by molar-refractivity contribution is 9.10. The maximum atomic E-state index is 14.2. The summed E-state index contributed by atoms with van der Waals surface area (Å²) in [7, 11) is 3.26. The van der Waals surface area contributed by atoms with Crippen LogP contribution in [0.1, 0.15) is 40.3 Å². The number of thiazole rings is 1. The molecule has 1 aliphatic carbocycles. The van der Waals surface area contributed by atoms with Gasteiger partial charge in [0, 0.05) is 10.0 Å². The number of nitrogens with zero attached hydrogens (tertiary/aromatic N) is 2. The smallest absolute Gasteiger partial charge is 0.271 e. The first-order valence-electron chi connectivity index (χ1n) is 14.3. The van der Waals surface area contributed by atoms with E-state index in [1.54, 1.807) is 14.2 Å². The number of rotatable bonds is 7. The molecule has 1 aliphatic heterocycles. The lowest BCUT2D eigenvalue weighted by Crippen LogP contribution is -2.38. The molecule has 0 bridgehead atoms. The van der Waals surface area contributed by atoms with Crippen LogP contribution in [-0.2, 0) is 13.0 Å². The molecule has 0 saturated carbocycles. The van der Waals surface area contributed by atoms with Crippen LogP contribution in [0.5, 0.6) is 17.2 Å². The van der Waals surface area contributed by atoms with E-state index in [9.17, 15) is 4.79 Å². The third-order valence-corrected chi connectivity index (χ3v) is 9.58. The average molecular weight is 666 g/mol. The van der Waals surface area contributed by atoms with Gasteiger partial charge in [-0.1, -0.05) is 81.9 Å². The summed E-state index contributed by atoms with van der Waals surface area (Å²) in [5.41, 5.74) is 7.36. The van der Waals surface area contributed by atoms with Crippen LogP contribution in [-0.4, -0.2) is 18.8 Å². The normalized spacial score (nSPS) is 15.6. The van der Waals surface area contributed by atoms with E-state index in [0.717, 1.165) is 56.6 Å². The third-order valence-electron chi connectivity index (χ3n) is 8.07. The fourth-order valence-electron chi connectivity index (χ4n) is 5.94. The van der Waals surface area contributed by atoms with Crippen LogP contribution in [0.3, 0.4) is 0 Å². The van der Waals surface area contributed by atoms with Gasteiger partial charge in [-0.05, 0) is 83.1 Å². The Kier molecular flexibility index (Phi) is 7.70. The van der Waals surface area contributed by atoms with E-state index in [4.69, 9.17) is 19.2 Å². The van der Waals surface area contributed by atoms with E-state index < -0.39 is 0 Å². The van der Waals surface area contributed by atoms with Gasteiger partial charge < -0.3 is 14.2 Å². The Balaban J connectivity index is 1.32. The van der Waals surface area contributed by atoms with Crippen molar-refractivity contribution in [2.75, 3.05) is 14.2 Å². The molecule has 44 heavy (non-hydrogen) atoms. The van der Waals surface area contributed by atoms with Gasteiger partial charge in [0.25, 0.3) is 5.56 Å². The summed E-state index contributed by atoms with van der Waals surface area (Å²) >= 11 is 4.89. The third kappa shape index (κ3) is 5.29. The first-order chi connectivity index (χ1) is 21.5. The molecule has 0 N–H and O–H groups in total. The zero-order valence-corrected chi connectivity index (χ0v) is 26.7. The summed E-state index contributed by atoms with van der Waals surface area (Å²) in [6, 6.07) is 29.9. The van der Waals surface area contributed by atoms with Crippen LogP contribution in [0.25, 0.3) is 11.8 Å². The summed E-state index contributed by atoms with van der Waals surface area (Å²) in [4.78, 5) is 20.0. The lowest BCUT2D eigenvalue weighted by atomic mass is 9.83. The Labute approximate surface area is 267 Å². The quantitative estimate of drug-likeness (QED) is 0.195. The van der Waals surface area contributed by atoms with Crippen molar-refractivity contribution in [1.29, 1.82) is 0 Å². The van der Waals surface area contributed by atoms with Gasteiger partial charge in [-0.3, -0.25) is 9.36 Å². The van der Waals surface area contributed by atoms with Gasteiger partial charge in [-0.2, -0.15) is 0 Å². The number of ether oxygens (including phenoxy) is 3. The van der Waals surface area contributed by atoms with Gasteiger partial charge in [0.1, 0.15) is 12.4 Å². The van der Waals surface area contributed by atoms with E-state index in [1.165, 1.54) is 16.9 Å². The standard InChI is InChI=1S/C36H29BrN2O4S/c1-41-30-17-13-25(20-31(30)42-2)34-29-16-12-24-7-3-4-9-28(24)33(29)38-36-39(34)35(40)32(44-36)19-23-6-5-8-27(18-23)43-21-22-10-14-26(37)15-11-22/h3-11,13-15,17-20,34H,12,16,21H2,1-2H3/b32-19-. The first kappa shape index (κ1) is 28.4. The van der Waals surface area contributed by atoms with Crippen molar-refractivity contribution in [3.63, 3.8) is 0 Å². The van der Waals surface area contributed by atoms with Crippen molar-refractivity contribution in [2.24, 2.45) is 4.99 Å². The molecule has 1 aromatic heterocycles. The maximum absolute atomic E-state index is 14.2. The van der Waals surface area contributed by atoms with Crippen LogP contribution in [0, 0.1) is 0 Å². The van der Waals surface area contributed by atoms with Crippen molar-refractivity contribution < 1.29 is 14.2 Å². The van der Waals surface area contributed by atoms with Crippen molar-refractivity contribution in [2.45, 2.75) is 25.5 Å². The van der Waals surface area contributed by atoms with E-state index in [1.807, 2.05) is 77.4 Å². The molecule has 2 heterocycles. The minimum atomic E-state index is -0.308. The highest BCUT2D eigenvalue weighted by Crippen LogP contribution is 2.42. The number of hydrogen-bond acceptors (Lipinski definition) is 6. The molecule has 4 aromatic carbocycles. The van der Waals surface area contributed by atoms with Gasteiger partial charge in [0.15, 0.2) is 16.3 Å². The van der Waals surface area contributed by atoms with E-state index >= 15 is 0 Å². The number of halogens is 1. The van der Waals surface area contributed by atoms with E-state index in [-0.39, 0.29) is 11.6 Å². The zero-order chi connectivity index (χ0) is 30.2. The Morgan fingerprint density at radius 3 is 2.57 bits per heavy atom. The van der Waals surface area contributed by atoms with Crippen molar-refractivity contribution in [1.82, 2.24) is 4.57 Å².